The number of amides is 1. The zero-order valence-electron chi connectivity index (χ0n) is 23.9. The molecule has 0 bridgehead atoms. The van der Waals surface area contributed by atoms with E-state index in [1.165, 1.54) is 4.90 Å². The molecule has 0 saturated carbocycles. The minimum absolute atomic E-state index is 0.109. The van der Waals surface area contributed by atoms with Crippen molar-refractivity contribution in [3.63, 3.8) is 0 Å². The van der Waals surface area contributed by atoms with Gasteiger partial charge in [0.05, 0.1) is 30.5 Å². The molecule has 1 amide bonds. The number of carbonyl (C=O) groups excluding carboxylic acids is 3. The number of aliphatic hydroxyl groups excluding tert-OH is 1. The summed E-state index contributed by atoms with van der Waals surface area (Å²) in [4.78, 5) is 45.7. The number of hydrogen-bond donors (Lipinski definition) is 1. The van der Waals surface area contributed by atoms with Gasteiger partial charge in [-0.05, 0) is 44.0 Å². The van der Waals surface area contributed by atoms with Crippen LogP contribution in [0.1, 0.15) is 51.9 Å². The van der Waals surface area contributed by atoms with Crippen molar-refractivity contribution in [3.05, 3.63) is 112 Å². The predicted molar refractivity (Wildman–Crippen MR) is 162 cm³/mol. The predicted octanol–water partition coefficient (Wildman–Crippen LogP) is 6.23. The lowest BCUT2D eigenvalue weighted by molar-refractivity contribution is -0.132. The molecule has 1 aliphatic rings. The Morgan fingerprint density at radius 2 is 1.63 bits per heavy atom. The molecule has 0 radical (unpaired) electrons. The highest BCUT2D eigenvalue weighted by atomic mass is 32.1. The van der Waals surface area contributed by atoms with E-state index >= 15 is 0 Å². The fourth-order valence-electron chi connectivity index (χ4n) is 4.79. The number of aliphatic hydroxyl groups is 1. The second kappa shape index (κ2) is 12.9. The molecular formula is C33H30N2O7S. The molecule has 1 N–H and O–H groups in total. The Hall–Kier alpha value is -4.96. The minimum atomic E-state index is -1.07. The van der Waals surface area contributed by atoms with Crippen molar-refractivity contribution in [2.24, 2.45) is 0 Å². The van der Waals surface area contributed by atoms with Crippen LogP contribution in [-0.4, -0.2) is 41.0 Å². The Balaban J connectivity index is 1.63. The van der Waals surface area contributed by atoms with Crippen LogP contribution in [-0.2, 0) is 20.9 Å². The van der Waals surface area contributed by atoms with Crippen molar-refractivity contribution < 1.29 is 33.7 Å². The maximum absolute atomic E-state index is 13.6. The fraction of sp³-hybridized carbons (Fsp3) is 0.212. The number of thiazole rings is 1. The molecule has 1 aromatic heterocycles. The van der Waals surface area contributed by atoms with Crippen LogP contribution in [0.2, 0.25) is 0 Å². The standard InChI is InChI=1S/C33H30N2O7S/c1-4-40-25-18-23(16-17-24(25)42-19-21-12-8-6-9-13-21)27-26(28(36)22-14-10-7-11-15-22)29(37)31(38)35(27)33-34-20(3)30(43-33)32(39)41-5-2/h6-18,27,36H,4-5,19H2,1-3H3. The fourth-order valence-corrected chi connectivity index (χ4v) is 5.77. The first-order valence-electron chi connectivity index (χ1n) is 13.8. The van der Waals surface area contributed by atoms with Gasteiger partial charge < -0.3 is 19.3 Å². The number of nitrogens with zero attached hydrogens (tertiary/aromatic N) is 2. The van der Waals surface area contributed by atoms with Gasteiger partial charge in [0.25, 0.3) is 5.78 Å². The summed E-state index contributed by atoms with van der Waals surface area (Å²) >= 11 is 0.949. The van der Waals surface area contributed by atoms with Gasteiger partial charge in [-0.15, -0.1) is 0 Å². The van der Waals surface area contributed by atoms with Crippen molar-refractivity contribution in [1.29, 1.82) is 0 Å². The molecule has 1 unspecified atom stereocenters. The summed E-state index contributed by atoms with van der Waals surface area (Å²) in [5.74, 6) is -1.77. The number of Topliss-reactive ketones (excluding diaryl/α,β-unsaturated/α-hetero) is 1. The summed E-state index contributed by atoms with van der Waals surface area (Å²) < 4.78 is 17.1. The number of benzene rings is 3. The number of ketones is 1. The van der Waals surface area contributed by atoms with E-state index in [0.29, 0.717) is 41.5 Å². The first-order chi connectivity index (χ1) is 20.8. The number of hydrogen-bond acceptors (Lipinski definition) is 9. The number of carbonyl (C=O) groups is 3. The van der Waals surface area contributed by atoms with Crippen LogP contribution in [0.25, 0.3) is 5.76 Å². The van der Waals surface area contributed by atoms with E-state index in [1.54, 1.807) is 62.4 Å². The largest absolute Gasteiger partial charge is 0.507 e. The Morgan fingerprint density at radius 3 is 2.30 bits per heavy atom. The molecule has 1 fully saturated rings. The molecule has 220 valence electrons. The molecule has 10 heteroatoms. The third kappa shape index (κ3) is 6.00. The maximum Gasteiger partial charge on any atom is 0.350 e. The Morgan fingerprint density at radius 1 is 0.930 bits per heavy atom. The first-order valence-corrected chi connectivity index (χ1v) is 14.6. The Bertz CT molecular complexity index is 1680. The third-order valence-corrected chi connectivity index (χ3v) is 7.90. The average molecular weight is 599 g/mol. The number of esters is 1. The Labute approximate surface area is 253 Å². The van der Waals surface area contributed by atoms with Crippen LogP contribution in [0.15, 0.2) is 84.4 Å². The quantitative estimate of drug-likeness (QED) is 0.0989. The molecule has 2 heterocycles. The van der Waals surface area contributed by atoms with E-state index in [9.17, 15) is 19.5 Å². The lowest BCUT2D eigenvalue weighted by Gasteiger charge is -2.24. The topological polar surface area (TPSA) is 115 Å². The number of ether oxygens (including phenoxy) is 3. The van der Waals surface area contributed by atoms with Gasteiger partial charge in [-0.1, -0.05) is 78.1 Å². The van der Waals surface area contributed by atoms with Gasteiger partial charge in [0.2, 0.25) is 0 Å². The van der Waals surface area contributed by atoms with E-state index in [0.717, 1.165) is 16.9 Å². The highest BCUT2D eigenvalue weighted by Crippen LogP contribution is 2.45. The van der Waals surface area contributed by atoms with Crippen LogP contribution in [0.4, 0.5) is 5.13 Å². The molecule has 1 aliphatic heterocycles. The van der Waals surface area contributed by atoms with E-state index in [-0.39, 0.29) is 27.9 Å². The molecule has 3 aromatic carbocycles. The highest BCUT2D eigenvalue weighted by Gasteiger charge is 2.48. The summed E-state index contributed by atoms with van der Waals surface area (Å²) in [6.45, 7) is 5.98. The van der Waals surface area contributed by atoms with Gasteiger partial charge in [0.15, 0.2) is 16.6 Å². The van der Waals surface area contributed by atoms with Crippen molar-refractivity contribution in [2.75, 3.05) is 18.1 Å². The summed E-state index contributed by atoms with van der Waals surface area (Å²) in [7, 11) is 0. The molecule has 4 aromatic rings. The van der Waals surface area contributed by atoms with Crippen molar-refractivity contribution in [3.8, 4) is 11.5 Å². The van der Waals surface area contributed by atoms with Gasteiger partial charge >= 0.3 is 11.9 Å². The SMILES string of the molecule is CCOC(=O)c1sc(N2C(=O)C(=O)C(=C(O)c3ccccc3)C2c2ccc(OCc3ccccc3)c(OCC)c2)nc1C. The molecule has 1 saturated heterocycles. The lowest BCUT2D eigenvalue weighted by atomic mass is 9.95. The van der Waals surface area contributed by atoms with Crippen molar-refractivity contribution >= 4 is 39.9 Å². The lowest BCUT2D eigenvalue weighted by Crippen LogP contribution is -2.29. The molecular weight excluding hydrogens is 568 g/mol. The monoisotopic (exact) mass is 598 g/mol. The minimum Gasteiger partial charge on any atom is -0.507 e. The number of aromatic nitrogens is 1. The maximum atomic E-state index is 13.6. The van der Waals surface area contributed by atoms with E-state index in [1.807, 2.05) is 37.3 Å². The van der Waals surface area contributed by atoms with Crippen LogP contribution in [0.5, 0.6) is 11.5 Å². The normalized spacial score (nSPS) is 15.9. The number of anilines is 1. The smallest absolute Gasteiger partial charge is 0.350 e. The first kappa shape index (κ1) is 29.5. The molecule has 9 nitrogen and oxygen atoms in total. The zero-order chi connectivity index (χ0) is 30.5. The number of rotatable bonds is 10. The van der Waals surface area contributed by atoms with Gasteiger partial charge in [-0.25, -0.2) is 9.78 Å². The third-order valence-electron chi connectivity index (χ3n) is 6.76. The summed E-state index contributed by atoms with van der Waals surface area (Å²) in [6.07, 6.45) is 0. The van der Waals surface area contributed by atoms with Gasteiger partial charge in [0.1, 0.15) is 17.2 Å². The van der Waals surface area contributed by atoms with Crippen LogP contribution < -0.4 is 14.4 Å². The number of aryl methyl sites for hydroxylation is 1. The van der Waals surface area contributed by atoms with Crippen molar-refractivity contribution in [1.82, 2.24) is 4.98 Å². The van der Waals surface area contributed by atoms with Crippen molar-refractivity contribution in [2.45, 2.75) is 33.4 Å². The van der Waals surface area contributed by atoms with E-state index in [4.69, 9.17) is 14.2 Å². The molecule has 1 atom stereocenters. The van der Waals surface area contributed by atoms with Crippen LogP contribution in [0, 0.1) is 6.92 Å². The van der Waals surface area contributed by atoms with Crippen LogP contribution >= 0.6 is 11.3 Å². The average Bonchev–Trinajstić information content (AvgIpc) is 3.53. The molecule has 0 aliphatic carbocycles. The second-order valence-electron chi connectivity index (χ2n) is 9.58. The summed E-state index contributed by atoms with van der Waals surface area (Å²) in [5.41, 5.74) is 2.09. The molecule has 5 rings (SSSR count). The Kier molecular flexibility index (Phi) is 8.87. The molecule has 43 heavy (non-hydrogen) atoms. The molecule has 0 spiro atoms. The summed E-state index contributed by atoms with van der Waals surface area (Å²) in [6, 6.07) is 22.3. The van der Waals surface area contributed by atoms with Crippen LogP contribution in [0.3, 0.4) is 0 Å². The van der Waals surface area contributed by atoms with Gasteiger partial charge in [-0.2, -0.15) is 0 Å². The second-order valence-corrected chi connectivity index (χ2v) is 10.6. The van der Waals surface area contributed by atoms with Gasteiger partial charge in [-0.3, -0.25) is 14.5 Å². The summed E-state index contributed by atoms with van der Waals surface area (Å²) in [5, 5.41) is 11.5. The zero-order valence-corrected chi connectivity index (χ0v) is 24.7. The van der Waals surface area contributed by atoms with E-state index in [2.05, 4.69) is 4.98 Å². The van der Waals surface area contributed by atoms with E-state index < -0.39 is 23.7 Å². The van der Waals surface area contributed by atoms with Gasteiger partial charge in [0, 0.05) is 5.56 Å². The highest BCUT2D eigenvalue weighted by molar-refractivity contribution is 7.17.